The number of hydrogen-bond acceptors (Lipinski definition) is 4. The summed E-state index contributed by atoms with van der Waals surface area (Å²) in [5.74, 6) is 0.178. The van der Waals surface area contributed by atoms with E-state index in [1.54, 1.807) is 11.9 Å². The summed E-state index contributed by atoms with van der Waals surface area (Å²) in [6.45, 7) is 1.47. The van der Waals surface area contributed by atoms with Gasteiger partial charge in [-0.2, -0.15) is 5.10 Å². The third-order valence-electron chi connectivity index (χ3n) is 5.03. The van der Waals surface area contributed by atoms with Gasteiger partial charge in [0.15, 0.2) is 0 Å². The first-order chi connectivity index (χ1) is 11.0. The molecule has 3 rings (SSSR count). The van der Waals surface area contributed by atoms with Gasteiger partial charge in [0.25, 0.3) is 0 Å². The van der Waals surface area contributed by atoms with Crippen LogP contribution in [0.2, 0.25) is 0 Å². The summed E-state index contributed by atoms with van der Waals surface area (Å²) in [6.07, 6.45) is 6.89. The van der Waals surface area contributed by atoms with Crippen LogP contribution in [0.1, 0.15) is 31.7 Å². The average molecular weight is 319 g/mol. The number of carbonyl (C=O) groups excluding carboxylic acids is 2. The highest BCUT2D eigenvalue weighted by atomic mass is 16.2. The van der Waals surface area contributed by atoms with Gasteiger partial charge in [-0.1, -0.05) is 0 Å². The predicted molar refractivity (Wildman–Crippen MR) is 87.2 cm³/mol. The number of rotatable bonds is 3. The molecule has 23 heavy (non-hydrogen) atoms. The topological polar surface area (TPSA) is 61.7 Å². The number of anilines is 1. The summed E-state index contributed by atoms with van der Waals surface area (Å²) in [6, 6.07) is 0.0831. The zero-order valence-corrected chi connectivity index (χ0v) is 14.1. The quantitative estimate of drug-likeness (QED) is 0.824. The van der Waals surface area contributed by atoms with Gasteiger partial charge in [-0.3, -0.25) is 14.3 Å². The van der Waals surface area contributed by atoms with Gasteiger partial charge < -0.3 is 14.7 Å². The minimum Gasteiger partial charge on any atom is -0.375 e. The van der Waals surface area contributed by atoms with E-state index in [1.165, 1.54) is 0 Å². The largest absolute Gasteiger partial charge is 0.375 e. The van der Waals surface area contributed by atoms with Crippen molar-refractivity contribution < 1.29 is 9.59 Å². The number of aromatic nitrogens is 2. The number of nitrogens with zero attached hydrogens (tertiary/aromatic N) is 5. The summed E-state index contributed by atoms with van der Waals surface area (Å²) in [7, 11) is 5.74. The zero-order chi connectivity index (χ0) is 16.6. The van der Waals surface area contributed by atoms with Crippen molar-refractivity contribution in [1.29, 1.82) is 0 Å². The van der Waals surface area contributed by atoms with Gasteiger partial charge in [0.2, 0.25) is 11.8 Å². The predicted octanol–water partition coefficient (Wildman–Crippen LogP) is 0.733. The van der Waals surface area contributed by atoms with E-state index in [9.17, 15) is 9.59 Å². The lowest BCUT2D eigenvalue weighted by Crippen LogP contribution is -2.48. The molecule has 1 aromatic heterocycles. The molecule has 0 spiro atoms. The van der Waals surface area contributed by atoms with E-state index in [1.807, 2.05) is 34.8 Å². The van der Waals surface area contributed by atoms with Crippen molar-refractivity contribution >= 4 is 17.5 Å². The molecule has 2 aliphatic rings. The monoisotopic (exact) mass is 319 g/mol. The van der Waals surface area contributed by atoms with Crippen LogP contribution in [0.3, 0.4) is 0 Å². The minimum absolute atomic E-state index is 0.0750. The Morgan fingerprint density at radius 1 is 1.26 bits per heavy atom. The van der Waals surface area contributed by atoms with Gasteiger partial charge >= 0.3 is 0 Å². The van der Waals surface area contributed by atoms with Crippen molar-refractivity contribution in [2.24, 2.45) is 0 Å². The molecule has 7 nitrogen and oxygen atoms in total. The van der Waals surface area contributed by atoms with Crippen LogP contribution >= 0.6 is 0 Å². The fourth-order valence-corrected chi connectivity index (χ4v) is 3.41. The van der Waals surface area contributed by atoms with Crippen LogP contribution in [0.15, 0.2) is 12.4 Å². The van der Waals surface area contributed by atoms with E-state index in [-0.39, 0.29) is 17.9 Å². The number of piperidine rings is 1. The number of hydrogen-bond donors (Lipinski definition) is 0. The molecule has 2 fully saturated rings. The van der Waals surface area contributed by atoms with Crippen LogP contribution in [0.4, 0.5) is 5.69 Å². The van der Waals surface area contributed by atoms with Crippen LogP contribution < -0.4 is 4.90 Å². The van der Waals surface area contributed by atoms with Crippen molar-refractivity contribution in [2.45, 2.75) is 37.8 Å². The standard InChI is InChI=1S/C16H25N5O2/c1-18(2)13-10-17-21(11-13)12-6-8-20(9-7-12)16(23)14-4-5-15(22)19(14)3/h10-12,14H,4-9H2,1-3H3/t14-/m1/s1. The smallest absolute Gasteiger partial charge is 0.245 e. The maximum absolute atomic E-state index is 12.6. The lowest BCUT2D eigenvalue weighted by molar-refractivity contribution is -0.141. The Balaban J connectivity index is 1.57. The molecule has 0 aliphatic carbocycles. The number of amides is 2. The van der Waals surface area contributed by atoms with Crippen molar-refractivity contribution in [2.75, 3.05) is 39.1 Å². The molecule has 126 valence electrons. The van der Waals surface area contributed by atoms with E-state index in [4.69, 9.17) is 0 Å². The van der Waals surface area contributed by atoms with E-state index in [0.29, 0.717) is 18.9 Å². The maximum atomic E-state index is 12.6. The molecule has 0 N–H and O–H groups in total. The van der Waals surface area contributed by atoms with Crippen molar-refractivity contribution in [3.8, 4) is 0 Å². The maximum Gasteiger partial charge on any atom is 0.245 e. The molecule has 0 bridgehead atoms. The molecule has 0 saturated carbocycles. The Morgan fingerprint density at radius 2 is 1.96 bits per heavy atom. The van der Waals surface area contributed by atoms with Gasteiger partial charge in [-0.15, -0.1) is 0 Å². The average Bonchev–Trinajstić information content (AvgIpc) is 3.16. The summed E-state index contributed by atoms with van der Waals surface area (Å²) in [4.78, 5) is 29.8. The number of likely N-dealkylation sites (N-methyl/N-ethyl adjacent to an activating group) is 1. The lowest BCUT2D eigenvalue weighted by atomic mass is 10.0. The van der Waals surface area contributed by atoms with E-state index in [0.717, 1.165) is 31.6 Å². The first-order valence-corrected chi connectivity index (χ1v) is 8.23. The second-order valence-electron chi connectivity index (χ2n) is 6.69. The summed E-state index contributed by atoms with van der Waals surface area (Å²) < 4.78 is 2.02. The third kappa shape index (κ3) is 3.04. The van der Waals surface area contributed by atoms with Gasteiger partial charge in [0, 0.05) is 46.9 Å². The van der Waals surface area contributed by atoms with Crippen LogP contribution in [0, 0.1) is 0 Å². The third-order valence-corrected chi connectivity index (χ3v) is 5.03. The molecule has 0 unspecified atom stereocenters. The van der Waals surface area contributed by atoms with Gasteiger partial charge in [0.1, 0.15) is 6.04 Å². The van der Waals surface area contributed by atoms with E-state index >= 15 is 0 Å². The second-order valence-corrected chi connectivity index (χ2v) is 6.69. The van der Waals surface area contributed by atoms with Crippen LogP contribution in [0.5, 0.6) is 0 Å². The highest BCUT2D eigenvalue weighted by Crippen LogP contribution is 2.26. The summed E-state index contributed by atoms with van der Waals surface area (Å²) >= 11 is 0. The number of likely N-dealkylation sites (tertiary alicyclic amines) is 2. The Labute approximate surface area is 136 Å². The highest BCUT2D eigenvalue weighted by Gasteiger charge is 2.37. The van der Waals surface area contributed by atoms with Crippen LogP contribution in [-0.2, 0) is 9.59 Å². The fourth-order valence-electron chi connectivity index (χ4n) is 3.41. The highest BCUT2D eigenvalue weighted by molar-refractivity contribution is 5.90. The van der Waals surface area contributed by atoms with E-state index in [2.05, 4.69) is 11.3 Å². The van der Waals surface area contributed by atoms with Crippen molar-refractivity contribution in [1.82, 2.24) is 19.6 Å². The van der Waals surface area contributed by atoms with Gasteiger partial charge in [-0.25, -0.2) is 0 Å². The molecular weight excluding hydrogens is 294 g/mol. The molecule has 0 radical (unpaired) electrons. The molecule has 7 heteroatoms. The Kier molecular flexibility index (Phi) is 4.28. The normalized spacial score (nSPS) is 22.7. The SMILES string of the molecule is CN(C)c1cnn(C2CCN(C(=O)[C@H]3CCC(=O)N3C)CC2)c1. The van der Waals surface area contributed by atoms with Gasteiger partial charge in [0.05, 0.1) is 17.9 Å². The Hall–Kier alpha value is -2.05. The van der Waals surface area contributed by atoms with Crippen LogP contribution in [0.25, 0.3) is 0 Å². The molecule has 1 atom stereocenters. The van der Waals surface area contributed by atoms with Crippen LogP contribution in [-0.4, -0.2) is 71.7 Å². The summed E-state index contributed by atoms with van der Waals surface area (Å²) in [5.41, 5.74) is 1.09. The first kappa shape index (κ1) is 15.8. The molecule has 2 amide bonds. The first-order valence-electron chi connectivity index (χ1n) is 8.23. The molecule has 2 saturated heterocycles. The fraction of sp³-hybridized carbons (Fsp3) is 0.688. The zero-order valence-electron chi connectivity index (χ0n) is 14.1. The van der Waals surface area contributed by atoms with Gasteiger partial charge in [-0.05, 0) is 19.3 Å². The molecule has 2 aliphatic heterocycles. The van der Waals surface area contributed by atoms with Crippen molar-refractivity contribution in [3.63, 3.8) is 0 Å². The second kappa shape index (κ2) is 6.22. The Morgan fingerprint density at radius 3 is 2.48 bits per heavy atom. The summed E-state index contributed by atoms with van der Waals surface area (Å²) in [5, 5.41) is 4.45. The lowest BCUT2D eigenvalue weighted by Gasteiger charge is -2.34. The van der Waals surface area contributed by atoms with Crippen molar-refractivity contribution in [3.05, 3.63) is 12.4 Å². The Bertz CT molecular complexity index is 589. The van der Waals surface area contributed by atoms with E-state index < -0.39 is 0 Å². The number of carbonyl (C=O) groups is 2. The molecule has 1 aromatic rings. The molecular formula is C16H25N5O2. The molecule has 0 aromatic carbocycles. The minimum atomic E-state index is -0.260. The molecule has 3 heterocycles.